The van der Waals surface area contributed by atoms with Gasteiger partial charge in [0.1, 0.15) is 18.1 Å². The van der Waals surface area contributed by atoms with Crippen LogP contribution in [0, 0.1) is 5.92 Å². The Morgan fingerprint density at radius 1 is 0.743 bits per heavy atom. The van der Waals surface area contributed by atoms with Gasteiger partial charge in [-0.15, -0.1) is 0 Å². The van der Waals surface area contributed by atoms with Crippen molar-refractivity contribution in [3.05, 3.63) is 0 Å². The molecule has 0 spiro atoms. The van der Waals surface area contributed by atoms with Crippen LogP contribution in [0.15, 0.2) is 0 Å². The van der Waals surface area contributed by atoms with E-state index in [0.29, 0.717) is 19.4 Å². The molecule has 3 amide bonds. The van der Waals surface area contributed by atoms with E-state index in [2.05, 4.69) is 16.0 Å². The summed E-state index contributed by atoms with van der Waals surface area (Å²) in [7, 11) is 0. The minimum Gasteiger partial charge on any atom is -0.481 e. The van der Waals surface area contributed by atoms with Crippen molar-refractivity contribution in [2.24, 2.45) is 17.4 Å². The number of carboxylic acids is 3. The number of aliphatic carboxylic acids is 3. The molecule has 4 unspecified atom stereocenters. The first-order chi connectivity index (χ1) is 16.3. The highest BCUT2D eigenvalue weighted by Crippen LogP contribution is 2.09. The fraction of sp³-hybridized carbons (Fsp3) is 0.714. The first-order valence-corrected chi connectivity index (χ1v) is 11.3. The Bertz CT molecular complexity index is 759. The Balaban J connectivity index is 5.51. The van der Waals surface area contributed by atoms with Gasteiger partial charge in [0.2, 0.25) is 17.7 Å². The maximum absolute atomic E-state index is 13.0. The molecule has 0 aromatic heterocycles. The molecule has 14 heteroatoms. The van der Waals surface area contributed by atoms with Crippen molar-refractivity contribution < 1.29 is 44.1 Å². The number of rotatable bonds is 18. The predicted molar refractivity (Wildman–Crippen MR) is 123 cm³/mol. The lowest BCUT2D eigenvalue weighted by atomic mass is 10.0. The largest absolute Gasteiger partial charge is 0.481 e. The van der Waals surface area contributed by atoms with E-state index in [1.807, 2.05) is 0 Å². The highest BCUT2D eigenvalue weighted by Gasteiger charge is 2.31. The Kier molecular flexibility index (Phi) is 14.9. The lowest BCUT2D eigenvalue weighted by Crippen LogP contribution is -2.57. The van der Waals surface area contributed by atoms with Gasteiger partial charge in [0.15, 0.2) is 0 Å². The number of amides is 3. The van der Waals surface area contributed by atoms with Gasteiger partial charge in [-0.05, 0) is 44.6 Å². The Morgan fingerprint density at radius 3 is 1.77 bits per heavy atom. The molecule has 0 radical (unpaired) electrons. The van der Waals surface area contributed by atoms with Gasteiger partial charge in [-0.3, -0.25) is 24.0 Å². The van der Waals surface area contributed by atoms with E-state index in [9.17, 15) is 33.9 Å². The molecule has 35 heavy (non-hydrogen) atoms. The van der Waals surface area contributed by atoms with E-state index in [1.165, 1.54) is 0 Å². The van der Waals surface area contributed by atoms with Crippen LogP contribution in [0.4, 0.5) is 0 Å². The van der Waals surface area contributed by atoms with Crippen molar-refractivity contribution in [1.29, 1.82) is 0 Å². The quantitative estimate of drug-likeness (QED) is 0.0985. The number of nitrogens with two attached hydrogens (primary N) is 2. The first kappa shape index (κ1) is 31.7. The van der Waals surface area contributed by atoms with Crippen LogP contribution >= 0.6 is 0 Å². The van der Waals surface area contributed by atoms with E-state index in [1.54, 1.807) is 13.8 Å². The molecule has 0 aliphatic carbocycles. The van der Waals surface area contributed by atoms with Crippen LogP contribution < -0.4 is 27.4 Å². The molecule has 0 fully saturated rings. The lowest BCUT2D eigenvalue weighted by molar-refractivity contribution is -0.147. The molecule has 14 nitrogen and oxygen atoms in total. The molecule has 0 saturated carbocycles. The minimum atomic E-state index is -1.70. The van der Waals surface area contributed by atoms with Gasteiger partial charge in [-0.25, -0.2) is 4.79 Å². The maximum Gasteiger partial charge on any atom is 0.326 e. The van der Waals surface area contributed by atoms with Crippen molar-refractivity contribution in [2.75, 3.05) is 6.54 Å². The molecule has 10 N–H and O–H groups in total. The third-order valence-electron chi connectivity index (χ3n) is 4.92. The number of carbonyl (C=O) groups is 6. The molecule has 0 aliphatic heterocycles. The number of hydrogen-bond donors (Lipinski definition) is 8. The summed E-state index contributed by atoms with van der Waals surface area (Å²) < 4.78 is 0. The second-order valence-corrected chi connectivity index (χ2v) is 8.57. The monoisotopic (exact) mass is 503 g/mol. The van der Waals surface area contributed by atoms with Crippen molar-refractivity contribution >= 4 is 35.6 Å². The van der Waals surface area contributed by atoms with Crippen LogP contribution in [-0.4, -0.2) is 81.7 Å². The van der Waals surface area contributed by atoms with Crippen molar-refractivity contribution in [1.82, 2.24) is 16.0 Å². The van der Waals surface area contributed by atoms with Crippen LogP contribution in [0.5, 0.6) is 0 Å². The van der Waals surface area contributed by atoms with Gasteiger partial charge < -0.3 is 42.7 Å². The molecule has 0 aromatic rings. The zero-order valence-electron chi connectivity index (χ0n) is 20.0. The zero-order chi connectivity index (χ0) is 27.1. The summed E-state index contributed by atoms with van der Waals surface area (Å²) in [5, 5.41) is 33.9. The molecular weight excluding hydrogens is 466 g/mol. The van der Waals surface area contributed by atoms with Gasteiger partial charge >= 0.3 is 17.9 Å². The summed E-state index contributed by atoms with van der Waals surface area (Å²) in [6, 6.07) is -5.17. The van der Waals surface area contributed by atoms with Gasteiger partial charge in [-0.1, -0.05) is 13.8 Å². The van der Waals surface area contributed by atoms with Crippen LogP contribution in [0.2, 0.25) is 0 Å². The predicted octanol–water partition coefficient (Wildman–Crippen LogP) is -1.63. The molecular formula is C21H37N5O9. The van der Waals surface area contributed by atoms with Gasteiger partial charge in [-0.2, -0.15) is 0 Å². The SMILES string of the molecule is CC(C)CC(NC(=O)C(CCCCN)NC(=O)C(N)CCC(=O)O)C(=O)NC(CC(=O)O)C(=O)O. The molecule has 0 rings (SSSR count). The fourth-order valence-electron chi connectivity index (χ4n) is 3.07. The van der Waals surface area contributed by atoms with Crippen molar-refractivity contribution in [2.45, 2.75) is 83.0 Å². The summed E-state index contributed by atoms with van der Waals surface area (Å²) in [5.74, 6) is -6.56. The molecule has 0 aromatic carbocycles. The van der Waals surface area contributed by atoms with Crippen molar-refractivity contribution in [3.63, 3.8) is 0 Å². The smallest absolute Gasteiger partial charge is 0.326 e. The third-order valence-corrected chi connectivity index (χ3v) is 4.92. The second-order valence-electron chi connectivity index (χ2n) is 8.57. The van der Waals surface area contributed by atoms with E-state index in [0.717, 1.165) is 0 Å². The van der Waals surface area contributed by atoms with Crippen LogP contribution in [0.3, 0.4) is 0 Å². The number of carboxylic acid groups (broad SMARTS) is 3. The van der Waals surface area contributed by atoms with Gasteiger partial charge in [0, 0.05) is 6.42 Å². The number of hydrogen-bond acceptors (Lipinski definition) is 8. The average molecular weight is 504 g/mol. The lowest BCUT2D eigenvalue weighted by Gasteiger charge is -2.26. The summed E-state index contributed by atoms with van der Waals surface area (Å²) >= 11 is 0. The second kappa shape index (κ2) is 16.4. The highest BCUT2D eigenvalue weighted by atomic mass is 16.4. The van der Waals surface area contributed by atoms with E-state index < -0.39 is 66.2 Å². The number of unbranched alkanes of at least 4 members (excludes halogenated alkanes) is 1. The average Bonchev–Trinajstić information content (AvgIpc) is 2.74. The molecule has 0 saturated heterocycles. The van der Waals surface area contributed by atoms with Crippen LogP contribution in [0.1, 0.15) is 58.8 Å². The summed E-state index contributed by atoms with van der Waals surface area (Å²) in [4.78, 5) is 71.0. The van der Waals surface area contributed by atoms with Crippen LogP contribution in [0.25, 0.3) is 0 Å². The highest BCUT2D eigenvalue weighted by molar-refractivity contribution is 5.94. The molecule has 4 atom stereocenters. The molecule has 0 aliphatic rings. The molecule has 0 bridgehead atoms. The maximum atomic E-state index is 13.0. The van der Waals surface area contributed by atoms with Crippen molar-refractivity contribution in [3.8, 4) is 0 Å². The first-order valence-electron chi connectivity index (χ1n) is 11.3. The third kappa shape index (κ3) is 13.9. The summed E-state index contributed by atoms with van der Waals surface area (Å²) in [6.45, 7) is 3.87. The Morgan fingerprint density at radius 2 is 1.29 bits per heavy atom. The minimum absolute atomic E-state index is 0.108. The Hall–Kier alpha value is -3.26. The van der Waals surface area contributed by atoms with Crippen LogP contribution in [-0.2, 0) is 28.8 Å². The Labute approximate surface area is 203 Å². The van der Waals surface area contributed by atoms with E-state index in [-0.39, 0.29) is 31.6 Å². The summed E-state index contributed by atoms with van der Waals surface area (Å²) in [6.07, 6.45) is -0.0511. The van der Waals surface area contributed by atoms with E-state index >= 15 is 0 Å². The molecule has 200 valence electrons. The normalized spacial score (nSPS) is 14.3. The van der Waals surface area contributed by atoms with E-state index in [4.69, 9.17) is 21.7 Å². The van der Waals surface area contributed by atoms with Gasteiger partial charge in [0.05, 0.1) is 12.5 Å². The standard InChI is InChI=1S/C21H37N5O9/c1-11(2)9-14(20(33)26-15(21(34)35)10-17(29)30)25-19(32)13(5-3-4-8-22)24-18(31)12(23)6-7-16(27)28/h11-15H,3-10,22-23H2,1-2H3,(H,24,31)(H,25,32)(H,26,33)(H,27,28)(H,29,30)(H,34,35). The fourth-order valence-corrected chi connectivity index (χ4v) is 3.07. The molecule has 0 heterocycles. The topological polar surface area (TPSA) is 251 Å². The summed E-state index contributed by atoms with van der Waals surface area (Å²) in [5.41, 5.74) is 11.2. The zero-order valence-corrected chi connectivity index (χ0v) is 20.0. The number of nitrogens with one attached hydrogen (secondary N) is 3. The van der Waals surface area contributed by atoms with Gasteiger partial charge in [0.25, 0.3) is 0 Å². The number of carbonyl (C=O) groups excluding carboxylic acids is 3.